The van der Waals surface area contributed by atoms with Gasteiger partial charge in [-0.3, -0.25) is 0 Å². The molecule has 1 saturated carbocycles. The summed E-state index contributed by atoms with van der Waals surface area (Å²) >= 11 is 6.29. The molecule has 3 N–H and O–H groups in total. The predicted molar refractivity (Wildman–Crippen MR) is 99.0 cm³/mol. The van der Waals surface area contributed by atoms with Gasteiger partial charge in [-0.15, -0.1) is 5.10 Å². The maximum atomic E-state index is 9.42. The normalized spacial score (nSPS) is 21.4. The average Bonchev–Trinajstić information content (AvgIpc) is 2.88. The Hall–Kier alpha value is -1.88. The van der Waals surface area contributed by atoms with E-state index >= 15 is 0 Å². The van der Waals surface area contributed by atoms with Crippen molar-refractivity contribution >= 4 is 23.1 Å². The molecule has 0 spiro atoms. The number of aliphatic hydroxyl groups is 1. The number of rotatable bonds is 2. The average molecular weight is 378 g/mol. The molecule has 0 radical (unpaired) electrons. The lowest BCUT2D eigenvalue weighted by Gasteiger charge is -2.41. The van der Waals surface area contributed by atoms with Gasteiger partial charge in [0.25, 0.3) is 0 Å². The quantitative estimate of drug-likeness (QED) is 0.832. The lowest BCUT2D eigenvalue weighted by molar-refractivity contribution is -0.00535. The molecule has 2 aromatic rings. The van der Waals surface area contributed by atoms with Crippen LogP contribution < -0.4 is 5.73 Å². The molecule has 1 atom stereocenters. The Morgan fingerprint density at radius 2 is 2.27 bits per heavy atom. The molecule has 0 aromatic carbocycles. The number of nitrogen functional groups attached to an aromatic ring is 1. The number of hydrogen-bond donors (Lipinski definition) is 2. The SMILES string of the molecule is CCC1(c2c(C#N)c(Cl)c3cnc(N)nn23)CCC1.OC1CCCOC1. The van der Waals surface area contributed by atoms with Crippen molar-refractivity contribution in [2.24, 2.45) is 0 Å². The van der Waals surface area contributed by atoms with E-state index < -0.39 is 0 Å². The molecule has 26 heavy (non-hydrogen) atoms. The standard InChI is InChI=1S/C13H14ClN5.C5H10O2/c1-2-13(4-3-5-13)11-8(6-15)10(14)9-7-17-12(16)18-19(9)11;6-5-2-1-3-7-4-5/h7H,2-5H2,1H3,(H2,16,18);5-6H,1-4H2. The summed E-state index contributed by atoms with van der Waals surface area (Å²) < 4.78 is 6.65. The number of nitrogens with two attached hydrogens (primary N) is 1. The van der Waals surface area contributed by atoms with Crippen molar-refractivity contribution in [1.82, 2.24) is 14.6 Å². The first-order valence-electron chi connectivity index (χ1n) is 9.01. The highest BCUT2D eigenvalue weighted by molar-refractivity contribution is 6.35. The molecule has 1 aliphatic heterocycles. The third-order valence-corrected chi connectivity index (χ3v) is 5.76. The molecular weight excluding hydrogens is 354 g/mol. The number of aliphatic hydroxyl groups excluding tert-OH is 1. The topological polar surface area (TPSA) is 109 Å². The van der Waals surface area contributed by atoms with Crippen LogP contribution in [0.5, 0.6) is 0 Å². The Kier molecular flexibility index (Phi) is 5.66. The molecule has 0 bridgehead atoms. The Bertz CT molecular complexity index is 814. The van der Waals surface area contributed by atoms with E-state index in [0.717, 1.165) is 44.4 Å². The van der Waals surface area contributed by atoms with Gasteiger partial charge < -0.3 is 15.6 Å². The van der Waals surface area contributed by atoms with E-state index in [1.54, 1.807) is 10.7 Å². The number of fused-ring (bicyclic) bond motifs is 1. The monoisotopic (exact) mass is 377 g/mol. The van der Waals surface area contributed by atoms with Gasteiger partial charge >= 0.3 is 0 Å². The highest BCUT2D eigenvalue weighted by atomic mass is 35.5. The summed E-state index contributed by atoms with van der Waals surface area (Å²) in [6, 6.07) is 2.22. The minimum Gasteiger partial charge on any atom is -0.391 e. The van der Waals surface area contributed by atoms with Crippen molar-refractivity contribution in [3.05, 3.63) is 22.5 Å². The molecule has 140 valence electrons. The first-order valence-corrected chi connectivity index (χ1v) is 9.39. The van der Waals surface area contributed by atoms with Crippen molar-refractivity contribution in [2.75, 3.05) is 18.9 Å². The maximum Gasteiger partial charge on any atom is 0.238 e. The van der Waals surface area contributed by atoms with Crippen LogP contribution in [0.4, 0.5) is 5.95 Å². The van der Waals surface area contributed by atoms with Crippen molar-refractivity contribution in [2.45, 2.75) is 57.0 Å². The minimum atomic E-state index is -0.186. The third kappa shape index (κ3) is 3.37. The molecular formula is C18H24ClN5O2. The van der Waals surface area contributed by atoms with E-state index in [0.29, 0.717) is 22.7 Å². The van der Waals surface area contributed by atoms with E-state index in [4.69, 9.17) is 27.2 Å². The van der Waals surface area contributed by atoms with Crippen molar-refractivity contribution in [3.8, 4) is 6.07 Å². The summed E-state index contributed by atoms with van der Waals surface area (Å²) in [4.78, 5) is 3.96. The highest BCUT2D eigenvalue weighted by Gasteiger charge is 2.42. The van der Waals surface area contributed by atoms with E-state index in [2.05, 4.69) is 23.1 Å². The number of hydrogen-bond acceptors (Lipinski definition) is 6. The molecule has 0 amide bonds. The zero-order valence-electron chi connectivity index (χ0n) is 14.9. The fourth-order valence-electron chi connectivity index (χ4n) is 3.70. The Balaban J connectivity index is 0.000000236. The molecule has 2 aromatic heterocycles. The number of nitrogens with zero attached hydrogens (tertiary/aromatic N) is 4. The van der Waals surface area contributed by atoms with Crippen molar-refractivity contribution in [3.63, 3.8) is 0 Å². The Morgan fingerprint density at radius 1 is 1.50 bits per heavy atom. The molecule has 3 heterocycles. The van der Waals surface area contributed by atoms with Gasteiger partial charge in [0.2, 0.25) is 5.95 Å². The summed E-state index contributed by atoms with van der Waals surface area (Å²) in [6.07, 6.45) is 7.58. The predicted octanol–water partition coefficient (Wildman–Crippen LogP) is 2.83. The van der Waals surface area contributed by atoms with E-state index in [1.807, 2.05) is 0 Å². The summed E-state index contributed by atoms with van der Waals surface area (Å²) in [5, 5.41) is 22.9. The molecule has 2 fully saturated rings. The van der Waals surface area contributed by atoms with Gasteiger partial charge in [0, 0.05) is 12.0 Å². The largest absolute Gasteiger partial charge is 0.391 e. The van der Waals surface area contributed by atoms with E-state index in [-0.39, 0.29) is 17.5 Å². The minimum absolute atomic E-state index is 0.00190. The zero-order chi connectivity index (χ0) is 18.7. The maximum absolute atomic E-state index is 9.42. The molecule has 2 aliphatic rings. The van der Waals surface area contributed by atoms with Crippen LogP contribution in [0, 0.1) is 11.3 Å². The van der Waals surface area contributed by atoms with Crippen LogP contribution in [0.1, 0.15) is 56.7 Å². The highest BCUT2D eigenvalue weighted by Crippen LogP contribution is 2.49. The van der Waals surface area contributed by atoms with Gasteiger partial charge in [-0.1, -0.05) is 24.9 Å². The summed E-state index contributed by atoms with van der Waals surface area (Å²) in [7, 11) is 0. The van der Waals surface area contributed by atoms with Crippen LogP contribution >= 0.6 is 11.6 Å². The zero-order valence-corrected chi connectivity index (χ0v) is 15.7. The molecule has 1 saturated heterocycles. The van der Waals surface area contributed by atoms with Gasteiger partial charge in [0.1, 0.15) is 11.6 Å². The van der Waals surface area contributed by atoms with Crippen LogP contribution in [0.25, 0.3) is 5.52 Å². The van der Waals surface area contributed by atoms with Crippen LogP contribution in [0.15, 0.2) is 6.20 Å². The summed E-state index contributed by atoms with van der Waals surface area (Å²) in [6.45, 7) is 3.51. The smallest absolute Gasteiger partial charge is 0.238 e. The Morgan fingerprint density at radius 3 is 2.73 bits per heavy atom. The van der Waals surface area contributed by atoms with Gasteiger partial charge in [-0.2, -0.15) is 5.26 Å². The molecule has 1 unspecified atom stereocenters. The van der Waals surface area contributed by atoms with Gasteiger partial charge in [-0.25, -0.2) is 9.50 Å². The summed E-state index contributed by atoms with van der Waals surface area (Å²) in [5.41, 5.74) is 7.74. The molecule has 7 nitrogen and oxygen atoms in total. The number of anilines is 1. The lowest BCUT2D eigenvalue weighted by atomic mass is 9.64. The van der Waals surface area contributed by atoms with Crippen molar-refractivity contribution < 1.29 is 9.84 Å². The summed E-state index contributed by atoms with van der Waals surface area (Å²) in [5.74, 6) is 0.190. The van der Waals surface area contributed by atoms with Crippen LogP contribution in [0.2, 0.25) is 5.02 Å². The fourth-order valence-corrected chi connectivity index (χ4v) is 3.96. The second-order valence-electron chi connectivity index (χ2n) is 6.92. The third-order valence-electron chi connectivity index (χ3n) is 5.38. The second-order valence-corrected chi connectivity index (χ2v) is 7.30. The molecule has 4 rings (SSSR count). The lowest BCUT2D eigenvalue weighted by Crippen LogP contribution is -2.35. The Labute approximate surface area is 157 Å². The van der Waals surface area contributed by atoms with E-state index in [1.165, 1.54) is 6.42 Å². The number of aromatic nitrogens is 3. The van der Waals surface area contributed by atoms with Crippen LogP contribution in [-0.4, -0.2) is 39.0 Å². The van der Waals surface area contributed by atoms with Gasteiger partial charge in [0.05, 0.1) is 35.2 Å². The first kappa shape index (κ1) is 18.9. The number of ether oxygens (including phenoxy) is 1. The van der Waals surface area contributed by atoms with Gasteiger partial charge in [0.15, 0.2) is 0 Å². The van der Waals surface area contributed by atoms with Crippen LogP contribution in [0.3, 0.4) is 0 Å². The molecule has 8 heteroatoms. The molecule has 1 aliphatic carbocycles. The van der Waals surface area contributed by atoms with Crippen molar-refractivity contribution in [1.29, 1.82) is 5.26 Å². The van der Waals surface area contributed by atoms with E-state index in [9.17, 15) is 5.26 Å². The van der Waals surface area contributed by atoms with Crippen LogP contribution in [-0.2, 0) is 10.2 Å². The number of nitriles is 1. The van der Waals surface area contributed by atoms with Gasteiger partial charge in [-0.05, 0) is 32.1 Å². The fraction of sp³-hybridized carbons (Fsp3) is 0.611. The second kappa shape index (κ2) is 7.78. The number of halogens is 1. The first-order chi connectivity index (χ1) is 12.5.